The molecule has 0 aliphatic heterocycles. The largest absolute Gasteiger partial charge is 0.495 e. The van der Waals surface area contributed by atoms with Crippen molar-refractivity contribution >= 4 is 44.4 Å². The molecule has 0 aliphatic carbocycles. The molecule has 2 aromatic rings. The highest BCUT2D eigenvalue weighted by atomic mass is 79.9. The molecule has 1 aromatic heterocycles. The number of nitrogens with zero attached hydrogens (tertiary/aromatic N) is 1. The van der Waals surface area contributed by atoms with E-state index in [0.29, 0.717) is 26.3 Å². The Hall–Kier alpha value is -1.33. The third kappa shape index (κ3) is 2.15. The van der Waals surface area contributed by atoms with Gasteiger partial charge in [0, 0.05) is 22.1 Å². The predicted molar refractivity (Wildman–Crippen MR) is 72.3 cm³/mol. The first kappa shape index (κ1) is 13.1. The Morgan fingerprint density at radius 3 is 2.72 bits per heavy atom. The second-order valence-electron chi connectivity index (χ2n) is 3.48. The molecule has 1 heterocycles. The van der Waals surface area contributed by atoms with Gasteiger partial charge in [0.15, 0.2) is 0 Å². The van der Waals surface area contributed by atoms with Crippen LogP contribution in [0.1, 0.15) is 10.4 Å². The van der Waals surface area contributed by atoms with Crippen LogP contribution in [0.2, 0.25) is 5.02 Å². The van der Waals surface area contributed by atoms with E-state index in [1.807, 2.05) is 0 Å². The first-order valence-electron chi connectivity index (χ1n) is 4.98. The van der Waals surface area contributed by atoms with Crippen molar-refractivity contribution in [3.63, 3.8) is 0 Å². The molecule has 94 valence electrons. The van der Waals surface area contributed by atoms with E-state index in [0.717, 1.165) is 5.39 Å². The van der Waals surface area contributed by atoms with Gasteiger partial charge in [0.25, 0.3) is 0 Å². The maximum Gasteiger partial charge on any atom is 0.340 e. The summed E-state index contributed by atoms with van der Waals surface area (Å²) in [4.78, 5) is 15.7. The summed E-state index contributed by atoms with van der Waals surface area (Å²) in [5.41, 5.74) is 1.03. The summed E-state index contributed by atoms with van der Waals surface area (Å²) in [5.74, 6) is 0.0811. The number of fused-ring (bicyclic) bond motifs is 1. The summed E-state index contributed by atoms with van der Waals surface area (Å²) in [7, 11) is 2.85. The third-order valence-electron chi connectivity index (χ3n) is 2.48. The van der Waals surface area contributed by atoms with Gasteiger partial charge in [-0.25, -0.2) is 4.79 Å². The zero-order valence-electron chi connectivity index (χ0n) is 9.66. The number of hydrogen-bond acceptors (Lipinski definition) is 4. The molecule has 1 aromatic carbocycles. The van der Waals surface area contributed by atoms with Crippen LogP contribution in [0.3, 0.4) is 0 Å². The summed E-state index contributed by atoms with van der Waals surface area (Å²) < 4.78 is 10.4. The van der Waals surface area contributed by atoms with Gasteiger partial charge in [-0.1, -0.05) is 11.6 Å². The number of hydrogen-bond donors (Lipinski definition) is 0. The van der Waals surface area contributed by atoms with Crippen LogP contribution in [0.25, 0.3) is 10.9 Å². The van der Waals surface area contributed by atoms with Gasteiger partial charge in [-0.05, 0) is 22.0 Å². The van der Waals surface area contributed by atoms with Crippen molar-refractivity contribution < 1.29 is 14.3 Å². The molecule has 0 radical (unpaired) electrons. The van der Waals surface area contributed by atoms with Gasteiger partial charge in [0.05, 0.1) is 30.3 Å². The lowest BCUT2D eigenvalue weighted by Crippen LogP contribution is -2.03. The number of carbonyl (C=O) groups is 1. The van der Waals surface area contributed by atoms with Crippen LogP contribution in [0.5, 0.6) is 5.75 Å². The number of esters is 1. The molecular weight excluding hydrogens is 321 g/mol. The van der Waals surface area contributed by atoms with Crippen molar-refractivity contribution in [1.82, 2.24) is 4.98 Å². The van der Waals surface area contributed by atoms with Crippen LogP contribution in [-0.2, 0) is 4.74 Å². The van der Waals surface area contributed by atoms with Crippen LogP contribution < -0.4 is 4.74 Å². The van der Waals surface area contributed by atoms with E-state index in [4.69, 9.17) is 16.3 Å². The Bertz CT molecular complexity index is 630. The number of benzene rings is 1. The number of methoxy groups -OCH3 is 2. The van der Waals surface area contributed by atoms with E-state index in [2.05, 4.69) is 25.7 Å². The van der Waals surface area contributed by atoms with Gasteiger partial charge in [-0.3, -0.25) is 4.98 Å². The van der Waals surface area contributed by atoms with Gasteiger partial charge in [0.1, 0.15) is 5.75 Å². The molecule has 0 saturated carbocycles. The monoisotopic (exact) mass is 329 g/mol. The molecule has 2 rings (SSSR count). The summed E-state index contributed by atoms with van der Waals surface area (Å²) in [5, 5.41) is 1.18. The molecule has 0 bridgehead atoms. The van der Waals surface area contributed by atoms with E-state index in [-0.39, 0.29) is 0 Å². The van der Waals surface area contributed by atoms with Gasteiger partial charge in [0.2, 0.25) is 0 Å². The van der Waals surface area contributed by atoms with Crippen LogP contribution in [0.15, 0.2) is 22.8 Å². The summed E-state index contributed by atoms with van der Waals surface area (Å²) in [6.45, 7) is 0. The average Bonchev–Trinajstić information content (AvgIpc) is 2.38. The minimum atomic E-state index is -0.455. The highest BCUT2D eigenvalue weighted by Crippen LogP contribution is 2.34. The molecule has 4 nitrogen and oxygen atoms in total. The highest BCUT2D eigenvalue weighted by Gasteiger charge is 2.15. The number of carbonyl (C=O) groups excluding carboxylic acids is 1. The van der Waals surface area contributed by atoms with Crippen LogP contribution in [0.4, 0.5) is 0 Å². The maximum atomic E-state index is 11.5. The van der Waals surface area contributed by atoms with Crippen molar-refractivity contribution in [1.29, 1.82) is 0 Å². The lowest BCUT2D eigenvalue weighted by Gasteiger charge is -2.08. The Labute approximate surface area is 117 Å². The molecule has 0 N–H and O–H groups in total. The lowest BCUT2D eigenvalue weighted by atomic mass is 10.1. The molecule has 0 atom stereocenters. The zero-order valence-corrected chi connectivity index (χ0v) is 12.0. The highest BCUT2D eigenvalue weighted by molar-refractivity contribution is 9.10. The number of rotatable bonds is 2. The molecule has 0 spiro atoms. The van der Waals surface area contributed by atoms with E-state index >= 15 is 0 Å². The Balaban J connectivity index is 2.71. The first-order valence-corrected chi connectivity index (χ1v) is 6.15. The average molecular weight is 331 g/mol. The molecule has 0 fully saturated rings. The summed E-state index contributed by atoms with van der Waals surface area (Å²) in [6.07, 6.45) is 1.45. The number of ether oxygens (including phenoxy) is 2. The van der Waals surface area contributed by atoms with E-state index in [1.54, 1.807) is 12.1 Å². The summed E-state index contributed by atoms with van der Waals surface area (Å²) >= 11 is 9.41. The molecule has 18 heavy (non-hydrogen) atoms. The Morgan fingerprint density at radius 2 is 2.11 bits per heavy atom. The predicted octanol–water partition coefficient (Wildman–Crippen LogP) is 3.45. The Morgan fingerprint density at radius 1 is 1.39 bits per heavy atom. The summed E-state index contributed by atoms with van der Waals surface area (Å²) in [6, 6.07) is 3.41. The number of halogens is 2. The topological polar surface area (TPSA) is 48.4 Å². The minimum absolute atomic E-state index is 0.353. The maximum absolute atomic E-state index is 11.5. The molecule has 0 amide bonds. The Kier molecular flexibility index (Phi) is 3.73. The fourth-order valence-electron chi connectivity index (χ4n) is 1.57. The molecule has 6 heteroatoms. The fourth-order valence-corrected chi connectivity index (χ4v) is 2.39. The molecule has 0 saturated heterocycles. The SMILES string of the molecule is COC(=O)c1cnc2cc(OC)c(Cl)cc2c1Br. The normalized spacial score (nSPS) is 10.4. The van der Waals surface area contributed by atoms with Crippen LogP contribution in [0, 0.1) is 0 Å². The van der Waals surface area contributed by atoms with E-state index in [1.165, 1.54) is 20.4 Å². The standard InChI is InChI=1S/C12H9BrClNO3/c1-17-10-4-9-6(3-8(10)14)11(13)7(5-15-9)12(16)18-2/h3-5H,1-2H3. The fraction of sp³-hybridized carbons (Fsp3) is 0.167. The molecule has 0 aliphatic rings. The van der Waals surface area contributed by atoms with Gasteiger partial charge < -0.3 is 9.47 Å². The van der Waals surface area contributed by atoms with Crippen molar-refractivity contribution in [2.75, 3.05) is 14.2 Å². The second kappa shape index (κ2) is 5.12. The second-order valence-corrected chi connectivity index (χ2v) is 4.68. The van der Waals surface area contributed by atoms with Crippen LogP contribution >= 0.6 is 27.5 Å². The van der Waals surface area contributed by atoms with Crippen molar-refractivity contribution in [2.45, 2.75) is 0 Å². The van der Waals surface area contributed by atoms with Crippen molar-refractivity contribution in [2.24, 2.45) is 0 Å². The van der Waals surface area contributed by atoms with Gasteiger partial charge in [-0.15, -0.1) is 0 Å². The van der Waals surface area contributed by atoms with E-state index < -0.39 is 5.97 Å². The number of aromatic nitrogens is 1. The van der Waals surface area contributed by atoms with Crippen LogP contribution in [-0.4, -0.2) is 25.2 Å². The third-order valence-corrected chi connectivity index (χ3v) is 3.63. The lowest BCUT2D eigenvalue weighted by molar-refractivity contribution is 0.0599. The smallest absolute Gasteiger partial charge is 0.340 e. The first-order chi connectivity index (χ1) is 8.58. The minimum Gasteiger partial charge on any atom is -0.495 e. The zero-order chi connectivity index (χ0) is 13.3. The van der Waals surface area contributed by atoms with Crippen molar-refractivity contribution in [3.05, 3.63) is 33.4 Å². The molecular formula is C12H9BrClNO3. The number of pyridine rings is 1. The van der Waals surface area contributed by atoms with Gasteiger partial charge in [-0.2, -0.15) is 0 Å². The van der Waals surface area contributed by atoms with Crippen molar-refractivity contribution in [3.8, 4) is 5.75 Å². The van der Waals surface area contributed by atoms with Gasteiger partial charge >= 0.3 is 5.97 Å². The quantitative estimate of drug-likeness (QED) is 0.791. The van der Waals surface area contributed by atoms with E-state index in [9.17, 15) is 4.79 Å². The molecule has 0 unspecified atom stereocenters.